The van der Waals surface area contributed by atoms with Crippen LogP contribution >= 0.6 is 11.3 Å². The first-order valence-corrected chi connectivity index (χ1v) is 9.56. The second-order valence-electron chi connectivity index (χ2n) is 4.96. The Kier molecular flexibility index (Phi) is 6.29. The van der Waals surface area contributed by atoms with Gasteiger partial charge in [-0.05, 0) is 30.2 Å². The molecule has 0 unspecified atom stereocenters. The van der Waals surface area contributed by atoms with E-state index in [0.29, 0.717) is 31.0 Å². The lowest BCUT2D eigenvalue weighted by atomic mass is 10.1. The van der Waals surface area contributed by atoms with Crippen molar-refractivity contribution >= 4 is 27.3 Å². The Morgan fingerprint density at radius 3 is 2.62 bits per heavy atom. The van der Waals surface area contributed by atoms with E-state index in [2.05, 4.69) is 15.6 Å². The summed E-state index contributed by atoms with van der Waals surface area (Å²) < 4.78 is 36.1. The maximum atomic E-state index is 13.5. The summed E-state index contributed by atoms with van der Waals surface area (Å²) in [5.74, 6) is 0.327. The molecule has 0 aliphatic heterocycles. The Hall–Kier alpha value is -1.97. The van der Waals surface area contributed by atoms with Crippen LogP contribution in [-0.4, -0.2) is 28.0 Å². The highest BCUT2D eigenvalue weighted by atomic mass is 32.2. The van der Waals surface area contributed by atoms with Crippen LogP contribution in [-0.2, 0) is 23.0 Å². The van der Waals surface area contributed by atoms with Gasteiger partial charge in [-0.3, -0.25) is 4.99 Å². The van der Waals surface area contributed by atoms with Gasteiger partial charge in [-0.25, -0.2) is 17.9 Å². The average molecular weight is 370 g/mol. The van der Waals surface area contributed by atoms with Crippen LogP contribution in [0.2, 0.25) is 0 Å². The summed E-state index contributed by atoms with van der Waals surface area (Å²) in [5, 5.41) is 11.2. The van der Waals surface area contributed by atoms with Crippen molar-refractivity contribution in [3.8, 4) is 0 Å². The number of nitrogens with one attached hydrogen (secondary N) is 2. The summed E-state index contributed by atoms with van der Waals surface area (Å²) in [7, 11) is -2.04. The van der Waals surface area contributed by atoms with Crippen molar-refractivity contribution in [3.05, 3.63) is 52.7 Å². The number of hydrogen-bond donors (Lipinski definition) is 3. The van der Waals surface area contributed by atoms with Crippen LogP contribution < -0.4 is 15.8 Å². The standard InChI is InChI=1S/C15H19FN4O2S2/c1-18-15(19-9-8-11-4-2-3-5-13(11)16)20-10-12-6-7-14(23-12)24(17,21)22/h2-7H,8-10H2,1H3,(H2,17,21,22)(H2,18,19,20). The summed E-state index contributed by atoms with van der Waals surface area (Å²) in [5.41, 5.74) is 0.636. The highest BCUT2D eigenvalue weighted by Crippen LogP contribution is 2.19. The van der Waals surface area contributed by atoms with E-state index in [1.165, 1.54) is 12.1 Å². The number of aliphatic imine (C=N–C) groups is 1. The smallest absolute Gasteiger partial charge is 0.247 e. The highest BCUT2D eigenvalue weighted by Gasteiger charge is 2.11. The van der Waals surface area contributed by atoms with Crippen molar-refractivity contribution in [2.75, 3.05) is 13.6 Å². The molecule has 4 N–H and O–H groups in total. The third-order valence-corrected chi connectivity index (χ3v) is 5.74. The SMILES string of the molecule is CN=C(NCCc1ccccc1F)NCc1ccc(S(N)(=O)=O)s1. The lowest BCUT2D eigenvalue weighted by Gasteiger charge is -2.11. The van der Waals surface area contributed by atoms with Gasteiger partial charge in [0.15, 0.2) is 5.96 Å². The minimum Gasteiger partial charge on any atom is -0.356 e. The van der Waals surface area contributed by atoms with E-state index in [0.717, 1.165) is 16.2 Å². The molecular weight excluding hydrogens is 351 g/mol. The van der Waals surface area contributed by atoms with Gasteiger partial charge in [-0.1, -0.05) is 18.2 Å². The Morgan fingerprint density at radius 1 is 1.25 bits per heavy atom. The maximum absolute atomic E-state index is 13.5. The molecule has 1 aromatic heterocycles. The zero-order valence-corrected chi connectivity index (χ0v) is 14.8. The van der Waals surface area contributed by atoms with Gasteiger partial charge in [0.05, 0.1) is 6.54 Å². The van der Waals surface area contributed by atoms with Gasteiger partial charge < -0.3 is 10.6 Å². The normalized spacial score (nSPS) is 12.2. The first-order chi connectivity index (χ1) is 11.4. The Labute approximate surface area is 144 Å². The van der Waals surface area contributed by atoms with Crippen molar-refractivity contribution in [1.29, 1.82) is 0 Å². The summed E-state index contributed by atoms with van der Waals surface area (Å²) in [4.78, 5) is 4.89. The molecule has 0 amide bonds. The van der Waals surface area contributed by atoms with Crippen molar-refractivity contribution in [2.45, 2.75) is 17.2 Å². The van der Waals surface area contributed by atoms with E-state index < -0.39 is 10.0 Å². The minimum atomic E-state index is -3.67. The van der Waals surface area contributed by atoms with Crippen LogP contribution in [0.15, 0.2) is 45.6 Å². The van der Waals surface area contributed by atoms with Crippen LogP contribution in [0.25, 0.3) is 0 Å². The highest BCUT2D eigenvalue weighted by molar-refractivity contribution is 7.91. The molecule has 2 aromatic rings. The number of primary sulfonamides is 1. The number of sulfonamides is 1. The number of nitrogens with two attached hydrogens (primary N) is 1. The summed E-state index contributed by atoms with van der Waals surface area (Å²) in [6, 6.07) is 9.81. The number of guanidine groups is 1. The minimum absolute atomic E-state index is 0.127. The van der Waals surface area contributed by atoms with E-state index >= 15 is 0 Å². The fraction of sp³-hybridized carbons (Fsp3) is 0.267. The Bertz CT molecular complexity index is 818. The third-order valence-electron chi connectivity index (χ3n) is 3.22. The molecule has 9 heteroatoms. The Balaban J connectivity index is 1.83. The van der Waals surface area contributed by atoms with Crippen LogP contribution in [0.1, 0.15) is 10.4 Å². The molecule has 0 aliphatic rings. The van der Waals surface area contributed by atoms with E-state index in [1.807, 2.05) is 0 Å². The van der Waals surface area contributed by atoms with Crippen LogP contribution in [0.3, 0.4) is 0 Å². The van der Waals surface area contributed by atoms with E-state index in [1.54, 1.807) is 31.3 Å². The second kappa shape index (κ2) is 8.22. The summed E-state index contributed by atoms with van der Waals surface area (Å²) in [6.45, 7) is 0.938. The van der Waals surface area contributed by atoms with Crippen LogP contribution in [0.5, 0.6) is 0 Å². The monoisotopic (exact) mass is 370 g/mol. The van der Waals surface area contributed by atoms with Crippen LogP contribution in [0, 0.1) is 5.82 Å². The molecule has 0 bridgehead atoms. The molecule has 0 aliphatic carbocycles. The van der Waals surface area contributed by atoms with Gasteiger partial charge in [-0.15, -0.1) is 11.3 Å². The quantitative estimate of drug-likeness (QED) is 0.529. The molecule has 0 spiro atoms. The van der Waals surface area contributed by atoms with Gasteiger partial charge in [0.25, 0.3) is 0 Å². The lowest BCUT2D eigenvalue weighted by Crippen LogP contribution is -2.37. The second-order valence-corrected chi connectivity index (χ2v) is 7.92. The molecule has 0 saturated carbocycles. The van der Waals surface area contributed by atoms with Crippen molar-refractivity contribution in [2.24, 2.45) is 10.1 Å². The van der Waals surface area contributed by atoms with Crippen LogP contribution in [0.4, 0.5) is 4.39 Å². The average Bonchev–Trinajstić information content (AvgIpc) is 3.01. The number of thiophene rings is 1. The largest absolute Gasteiger partial charge is 0.356 e. The fourth-order valence-electron chi connectivity index (χ4n) is 2.01. The molecule has 130 valence electrons. The van der Waals surface area contributed by atoms with Gasteiger partial charge >= 0.3 is 0 Å². The molecule has 0 atom stereocenters. The molecular formula is C15H19FN4O2S2. The van der Waals surface area contributed by atoms with E-state index in [9.17, 15) is 12.8 Å². The Morgan fingerprint density at radius 2 is 2.00 bits per heavy atom. The molecule has 2 rings (SSSR count). The predicted octanol–water partition coefficient (Wildman–Crippen LogP) is 1.44. The summed E-state index contributed by atoms with van der Waals surface area (Å²) >= 11 is 1.11. The number of halogens is 1. The van der Waals surface area contributed by atoms with Crippen molar-refractivity contribution < 1.29 is 12.8 Å². The number of benzene rings is 1. The van der Waals surface area contributed by atoms with E-state index in [-0.39, 0.29) is 10.0 Å². The number of nitrogens with zero attached hydrogens (tertiary/aromatic N) is 1. The van der Waals surface area contributed by atoms with Gasteiger partial charge in [0.2, 0.25) is 10.0 Å². The van der Waals surface area contributed by atoms with Crippen molar-refractivity contribution in [1.82, 2.24) is 10.6 Å². The molecule has 0 radical (unpaired) electrons. The molecule has 0 fully saturated rings. The van der Waals surface area contributed by atoms with E-state index in [4.69, 9.17) is 5.14 Å². The molecule has 1 heterocycles. The predicted molar refractivity (Wildman–Crippen MR) is 94.0 cm³/mol. The zero-order valence-electron chi connectivity index (χ0n) is 13.1. The molecule has 0 saturated heterocycles. The summed E-state index contributed by atoms with van der Waals surface area (Å²) in [6.07, 6.45) is 0.530. The number of hydrogen-bond acceptors (Lipinski definition) is 4. The van der Waals surface area contributed by atoms with Gasteiger partial charge in [0, 0.05) is 18.5 Å². The maximum Gasteiger partial charge on any atom is 0.247 e. The van der Waals surface area contributed by atoms with Gasteiger partial charge in [-0.2, -0.15) is 0 Å². The van der Waals surface area contributed by atoms with Crippen molar-refractivity contribution in [3.63, 3.8) is 0 Å². The topological polar surface area (TPSA) is 96.6 Å². The lowest BCUT2D eigenvalue weighted by molar-refractivity contribution is 0.599. The molecule has 6 nitrogen and oxygen atoms in total. The number of rotatable bonds is 6. The molecule has 1 aromatic carbocycles. The van der Waals surface area contributed by atoms with Gasteiger partial charge in [0.1, 0.15) is 10.0 Å². The fourth-order valence-corrected chi connectivity index (χ4v) is 3.73. The zero-order chi connectivity index (χ0) is 17.6. The first kappa shape index (κ1) is 18.4. The molecule has 24 heavy (non-hydrogen) atoms. The third kappa shape index (κ3) is 5.29. The first-order valence-electron chi connectivity index (χ1n) is 7.19.